The maximum atomic E-state index is 11.8. The predicted octanol–water partition coefficient (Wildman–Crippen LogP) is 2.08. The molecule has 0 atom stereocenters. The van der Waals surface area contributed by atoms with E-state index in [9.17, 15) is 14.7 Å². The van der Waals surface area contributed by atoms with E-state index in [0.717, 1.165) is 5.56 Å². The second-order valence-corrected chi connectivity index (χ2v) is 4.53. The van der Waals surface area contributed by atoms with Crippen molar-refractivity contribution in [2.24, 2.45) is 0 Å². The number of carboxylic acid groups (broad SMARTS) is 1. The van der Waals surface area contributed by atoms with E-state index in [1.54, 1.807) is 24.3 Å². The summed E-state index contributed by atoms with van der Waals surface area (Å²) in [5.74, 6) is -1.85. The number of aromatic hydroxyl groups is 1. The number of pyridine rings is 1. The number of aromatic nitrogens is 1. The lowest BCUT2D eigenvalue weighted by Crippen LogP contribution is -2.06. The molecule has 1 aromatic heterocycles. The number of hydrogen-bond donors (Lipinski definition) is 3. The monoisotopic (exact) mass is 286 g/mol. The highest BCUT2D eigenvalue weighted by Gasteiger charge is 2.15. The first-order chi connectivity index (χ1) is 9.97. The molecule has 0 bridgehead atoms. The molecule has 0 aliphatic rings. The smallest absolute Gasteiger partial charge is 0.303 e. The summed E-state index contributed by atoms with van der Waals surface area (Å²) in [4.78, 5) is 26.1. The summed E-state index contributed by atoms with van der Waals surface area (Å²) < 4.78 is 0. The number of Topliss-reactive ketones (excluding diaryl/α,β-unsaturated/α-hetero) is 1. The number of carboxylic acids is 1. The van der Waals surface area contributed by atoms with Crippen molar-refractivity contribution in [3.05, 3.63) is 42.2 Å². The highest BCUT2D eigenvalue weighted by molar-refractivity contribution is 5.98. The third kappa shape index (κ3) is 3.56. The second kappa shape index (κ2) is 6.04. The van der Waals surface area contributed by atoms with Crippen LogP contribution in [0.2, 0.25) is 0 Å². The third-order valence-corrected chi connectivity index (χ3v) is 2.92. The van der Waals surface area contributed by atoms with Gasteiger partial charge in [-0.3, -0.25) is 9.59 Å². The zero-order valence-corrected chi connectivity index (χ0v) is 11.1. The quantitative estimate of drug-likeness (QED) is 0.573. The number of nitrogen functional groups attached to an aromatic ring is 1. The molecule has 1 aromatic carbocycles. The van der Waals surface area contributed by atoms with Gasteiger partial charge in [0.25, 0.3) is 0 Å². The van der Waals surface area contributed by atoms with Gasteiger partial charge in [0, 0.05) is 23.9 Å². The van der Waals surface area contributed by atoms with Crippen molar-refractivity contribution in [2.75, 3.05) is 5.73 Å². The molecule has 108 valence electrons. The molecular weight excluding hydrogens is 272 g/mol. The Kier molecular flexibility index (Phi) is 4.18. The number of ketones is 1. The fourth-order valence-electron chi connectivity index (χ4n) is 1.88. The van der Waals surface area contributed by atoms with E-state index in [0.29, 0.717) is 11.3 Å². The standard InChI is InChI=1S/C15H14N2O4/c16-11-3-1-2-9(6-11)10-7-13(19)15(17-8-10)12(18)4-5-14(20)21/h1-3,6-8,19H,4-5,16H2,(H,20,21). The predicted molar refractivity (Wildman–Crippen MR) is 77.0 cm³/mol. The van der Waals surface area contributed by atoms with Gasteiger partial charge >= 0.3 is 5.97 Å². The summed E-state index contributed by atoms with van der Waals surface area (Å²) in [6.45, 7) is 0. The topological polar surface area (TPSA) is 114 Å². The number of benzene rings is 1. The first-order valence-electron chi connectivity index (χ1n) is 6.27. The van der Waals surface area contributed by atoms with Gasteiger partial charge < -0.3 is 15.9 Å². The fraction of sp³-hybridized carbons (Fsp3) is 0.133. The average molecular weight is 286 g/mol. The molecule has 0 saturated carbocycles. The zero-order valence-electron chi connectivity index (χ0n) is 11.1. The molecule has 0 aliphatic heterocycles. The van der Waals surface area contributed by atoms with Crippen LogP contribution in [0, 0.1) is 0 Å². The van der Waals surface area contributed by atoms with Gasteiger partial charge in [-0.15, -0.1) is 0 Å². The molecule has 0 spiro atoms. The molecule has 2 rings (SSSR count). The minimum Gasteiger partial charge on any atom is -0.506 e. The van der Waals surface area contributed by atoms with Crippen LogP contribution in [0.15, 0.2) is 36.5 Å². The van der Waals surface area contributed by atoms with Crippen LogP contribution in [0.25, 0.3) is 11.1 Å². The number of nitrogens with two attached hydrogens (primary N) is 1. The fourth-order valence-corrected chi connectivity index (χ4v) is 1.88. The van der Waals surface area contributed by atoms with Crippen LogP contribution >= 0.6 is 0 Å². The summed E-state index contributed by atoms with van der Waals surface area (Å²) in [5, 5.41) is 18.4. The van der Waals surface area contributed by atoms with Crippen LogP contribution in [-0.4, -0.2) is 26.9 Å². The van der Waals surface area contributed by atoms with Gasteiger partial charge in [0.1, 0.15) is 11.4 Å². The lowest BCUT2D eigenvalue weighted by Gasteiger charge is -2.06. The molecule has 0 aliphatic carbocycles. The Labute approximate surface area is 120 Å². The Hall–Kier alpha value is -2.89. The van der Waals surface area contributed by atoms with Crippen molar-refractivity contribution in [2.45, 2.75) is 12.8 Å². The highest BCUT2D eigenvalue weighted by Crippen LogP contribution is 2.26. The van der Waals surface area contributed by atoms with E-state index in [4.69, 9.17) is 10.8 Å². The van der Waals surface area contributed by atoms with E-state index in [1.165, 1.54) is 12.3 Å². The number of anilines is 1. The molecule has 4 N–H and O–H groups in total. The summed E-state index contributed by atoms with van der Waals surface area (Å²) >= 11 is 0. The lowest BCUT2D eigenvalue weighted by atomic mass is 10.0. The molecule has 2 aromatic rings. The summed E-state index contributed by atoms with van der Waals surface area (Å²) in [5.41, 5.74) is 7.53. The number of carbonyl (C=O) groups excluding carboxylic acids is 1. The van der Waals surface area contributed by atoms with Crippen molar-refractivity contribution in [3.8, 4) is 16.9 Å². The Morgan fingerprint density at radius 1 is 1.14 bits per heavy atom. The van der Waals surface area contributed by atoms with E-state index in [-0.39, 0.29) is 24.3 Å². The zero-order chi connectivity index (χ0) is 15.4. The maximum absolute atomic E-state index is 11.8. The summed E-state index contributed by atoms with van der Waals surface area (Å²) in [6.07, 6.45) is 0.951. The first-order valence-corrected chi connectivity index (χ1v) is 6.27. The van der Waals surface area contributed by atoms with Crippen LogP contribution in [0.4, 0.5) is 5.69 Å². The molecule has 6 nitrogen and oxygen atoms in total. The molecule has 0 unspecified atom stereocenters. The van der Waals surface area contributed by atoms with Gasteiger partial charge in [-0.05, 0) is 23.8 Å². The Morgan fingerprint density at radius 2 is 1.90 bits per heavy atom. The molecule has 0 radical (unpaired) electrons. The number of carbonyl (C=O) groups is 2. The minimum atomic E-state index is -1.07. The normalized spacial score (nSPS) is 10.3. The van der Waals surface area contributed by atoms with Crippen molar-refractivity contribution in [3.63, 3.8) is 0 Å². The molecule has 1 heterocycles. The number of hydrogen-bond acceptors (Lipinski definition) is 5. The van der Waals surface area contributed by atoms with Gasteiger partial charge in [0.05, 0.1) is 6.42 Å². The van der Waals surface area contributed by atoms with Crippen molar-refractivity contribution in [1.82, 2.24) is 4.98 Å². The van der Waals surface area contributed by atoms with Crippen molar-refractivity contribution < 1.29 is 19.8 Å². The number of aliphatic carboxylic acids is 1. The third-order valence-electron chi connectivity index (χ3n) is 2.92. The maximum Gasteiger partial charge on any atom is 0.303 e. The molecule has 0 fully saturated rings. The van der Waals surface area contributed by atoms with Crippen LogP contribution in [0.3, 0.4) is 0 Å². The molecule has 6 heteroatoms. The Morgan fingerprint density at radius 3 is 2.52 bits per heavy atom. The van der Waals surface area contributed by atoms with Crippen molar-refractivity contribution in [1.29, 1.82) is 0 Å². The van der Waals surface area contributed by atoms with Crippen LogP contribution in [0.1, 0.15) is 23.3 Å². The SMILES string of the molecule is Nc1cccc(-c2cnc(C(=O)CCC(=O)O)c(O)c2)c1. The van der Waals surface area contributed by atoms with Crippen LogP contribution < -0.4 is 5.73 Å². The van der Waals surface area contributed by atoms with Crippen molar-refractivity contribution >= 4 is 17.4 Å². The Balaban J connectivity index is 2.25. The number of nitrogens with zero attached hydrogens (tertiary/aromatic N) is 1. The van der Waals surface area contributed by atoms with Gasteiger partial charge in [-0.25, -0.2) is 4.98 Å². The van der Waals surface area contributed by atoms with E-state index >= 15 is 0 Å². The van der Waals surface area contributed by atoms with Gasteiger partial charge in [-0.1, -0.05) is 12.1 Å². The highest BCUT2D eigenvalue weighted by atomic mass is 16.4. The summed E-state index contributed by atoms with van der Waals surface area (Å²) in [7, 11) is 0. The van der Waals surface area contributed by atoms with Gasteiger partial charge in [0.2, 0.25) is 0 Å². The van der Waals surface area contributed by atoms with E-state index in [1.807, 2.05) is 0 Å². The van der Waals surface area contributed by atoms with E-state index in [2.05, 4.69) is 4.98 Å². The molecule has 21 heavy (non-hydrogen) atoms. The van der Waals surface area contributed by atoms with Gasteiger partial charge in [-0.2, -0.15) is 0 Å². The van der Waals surface area contributed by atoms with Gasteiger partial charge in [0.15, 0.2) is 5.78 Å². The minimum absolute atomic E-state index is 0.121. The largest absolute Gasteiger partial charge is 0.506 e. The van der Waals surface area contributed by atoms with Crippen LogP contribution in [-0.2, 0) is 4.79 Å². The van der Waals surface area contributed by atoms with E-state index < -0.39 is 11.8 Å². The number of rotatable bonds is 5. The molecule has 0 saturated heterocycles. The molecular formula is C15H14N2O4. The first kappa shape index (κ1) is 14.5. The Bertz CT molecular complexity index is 698. The second-order valence-electron chi connectivity index (χ2n) is 4.53. The average Bonchev–Trinajstić information content (AvgIpc) is 2.44. The summed E-state index contributed by atoms with van der Waals surface area (Å²) in [6, 6.07) is 8.45. The molecule has 0 amide bonds. The van der Waals surface area contributed by atoms with Crippen LogP contribution in [0.5, 0.6) is 5.75 Å². The lowest BCUT2D eigenvalue weighted by molar-refractivity contribution is -0.136.